The molecule has 2 aromatic carbocycles. The van der Waals surface area contributed by atoms with Crippen molar-refractivity contribution in [1.82, 2.24) is 9.96 Å². The van der Waals surface area contributed by atoms with Crippen LogP contribution in [-0.4, -0.2) is 45.5 Å². The zero-order valence-corrected chi connectivity index (χ0v) is 19.9. The van der Waals surface area contributed by atoms with Crippen molar-refractivity contribution in [2.75, 3.05) is 16.8 Å². The molecular formula is C23H28Cl2N4O3. The number of hydroxylamine groups is 2. The zero-order valence-electron chi connectivity index (χ0n) is 18.4. The van der Waals surface area contributed by atoms with E-state index >= 15 is 0 Å². The number of hydrogen-bond donors (Lipinski definition) is 2. The van der Waals surface area contributed by atoms with E-state index in [0.29, 0.717) is 33.0 Å². The van der Waals surface area contributed by atoms with Crippen molar-refractivity contribution in [3.05, 3.63) is 58.6 Å². The van der Waals surface area contributed by atoms with E-state index in [-0.39, 0.29) is 6.03 Å². The largest absolute Gasteiger partial charge is 0.347 e. The second-order valence-electron chi connectivity index (χ2n) is 8.30. The molecule has 4 amide bonds. The Labute approximate surface area is 198 Å². The molecule has 0 unspecified atom stereocenters. The van der Waals surface area contributed by atoms with Gasteiger partial charge in [-0.05, 0) is 68.8 Å². The van der Waals surface area contributed by atoms with Gasteiger partial charge in [0.15, 0.2) is 6.17 Å². The summed E-state index contributed by atoms with van der Waals surface area (Å²) in [6.07, 6.45) is 1.85. The van der Waals surface area contributed by atoms with Crippen LogP contribution in [0, 0.1) is 0 Å². The van der Waals surface area contributed by atoms with Crippen LogP contribution in [0.3, 0.4) is 0 Å². The van der Waals surface area contributed by atoms with E-state index < -0.39 is 17.7 Å². The second kappa shape index (κ2) is 9.98. The Hall–Kier alpha value is -2.48. The standard InChI is InChI=1S/C23H28Cl2N4O3/c1-4-5-6-15-27-22(31)28(19-13-9-17(25)10-14-19)20(23(27,2)3)29(32)21(30)26-18-11-7-16(24)8-12-18/h7-14,20,32H,4-6,15H2,1-3H3,(H,26,30)/t20-/m1/s1. The molecule has 2 N–H and O–H groups in total. The summed E-state index contributed by atoms with van der Waals surface area (Å²) >= 11 is 11.9. The van der Waals surface area contributed by atoms with Crippen molar-refractivity contribution < 1.29 is 14.8 Å². The summed E-state index contributed by atoms with van der Waals surface area (Å²) in [5, 5.41) is 15.3. The molecule has 1 aliphatic rings. The Bertz CT molecular complexity index is 951. The molecule has 1 heterocycles. The molecule has 0 saturated carbocycles. The smallest absolute Gasteiger partial charge is 0.315 e. The molecule has 32 heavy (non-hydrogen) atoms. The van der Waals surface area contributed by atoms with Gasteiger partial charge in [0.1, 0.15) is 0 Å². The molecule has 1 fully saturated rings. The van der Waals surface area contributed by atoms with Crippen LogP contribution in [0.5, 0.6) is 0 Å². The lowest BCUT2D eigenvalue weighted by molar-refractivity contribution is -0.0949. The average Bonchev–Trinajstić information content (AvgIpc) is 2.95. The fourth-order valence-corrected chi connectivity index (χ4v) is 4.18. The highest BCUT2D eigenvalue weighted by Gasteiger charge is 2.55. The highest BCUT2D eigenvalue weighted by atomic mass is 35.5. The molecule has 1 saturated heterocycles. The van der Waals surface area contributed by atoms with Gasteiger partial charge in [-0.3, -0.25) is 10.1 Å². The average molecular weight is 479 g/mol. The molecule has 1 atom stereocenters. The van der Waals surface area contributed by atoms with Crippen LogP contribution in [0.4, 0.5) is 21.0 Å². The van der Waals surface area contributed by atoms with Crippen LogP contribution in [0.2, 0.25) is 10.0 Å². The highest BCUT2D eigenvalue weighted by Crippen LogP contribution is 2.38. The third kappa shape index (κ3) is 4.95. The maximum Gasteiger partial charge on any atom is 0.347 e. The predicted octanol–water partition coefficient (Wildman–Crippen LogP) is 6.45. The Balaban J connectivity index is 1.93. The van der Waals surface area contributed by atoms with Crippen molar-refractivity contribution in [3.63, 3.8) is 0 Å². The number of carbonyl (C=O) groups is 2. The fourth-order valence-electron chi connectivity index (χ4n) is 3.93. The van der Waals surface area contributed by atoms with Gasteiger partial charge in [0, 0.05) is 28.0 Å². The number of unbranched alkanes of at least 4 members (excludes halogenated alkanes) is 2. The fraction of sp³-hybridized carbons (Fsp3) is 0.391. The predicted molar refractivity (Wildman–Crippen MR) is 128 cm³/mol. The van der Waals surface area contributed by atoms with Gasteiger partial charge < -0.3 is 10.2 Å². The Morgan fingerprint density at radius 1 is 1.06 bits per heavy atom. The third-order valence-electron chi connectivity index (χ3n) is 5.63. The Morgan fingerprint density at radius 3 is 2.19 bits per heavy atom. The molecular weight excluding hydrogens is 451 g/mol. The van der Waals surface area contributed by atoms with Crippen LogP contribution >= 0.6 is 23.2 Å². The minimum atomic E-state index is -0.967. The van der Waals surface area contributed by atoms with Crippen molar-refractivity contribution in [1.29, 1.82) is 0 Å². The zero-order chi connectivity index (χ0) is 23.5. The molecule has 172 valence electrons. The van der Waals surface area contributed by atoms with Gasteiger partial charge in [-0.2, -0.15) is 5.06 Å². The summed E-state index contributed by atoms with van der Waals surface area (Å²) in [5.41, 5.74) is 0.142. The van der Waals surface area contributed by atoms with E-state index in [9.17, 15) is 14.8 Å². The number of amides is 4. The summed E-state index contributed by atoms with van der Waals surface area (Å²) in [4.78, 5) is 29.5. The molecule has 0 aliphatic carbocycles. The number of hydrogen-bond acceptors (Lipinski definition) is 3. The first-order valence-corrected chi connectivity index (χ1v) is 11.3. The van der Waals surface area contributed by atoms with E-state index in [1.165, 1.54) is 4.90 Å². The number of urea groups is 2. The number of anilines is 2. The van der Waals surface area contributed by atoms with Crippen molar-refractivity contribution in [2.45, 2.75) is 51.7 Å². The molecule has 0 bridgehead atoms. The summed E-state index contributed by atoms with van der Waals surface area (Å²) < 4.78 is 0. The van der Waals surface area contributed by atoms with Gasteiger partial charge in [-0.25, -0.2) is 9.59 Å². The van der Waals surface area contributed by atoms with Gasteiger partial charge in [0.25, 0.3) is 0 Å². The maximum atomic E-state index is 13.5. The second-order valence-corrected chi connectivity index (χ2v) is 9.17. The van der Waals surface area contributed by atoms with Crippen LogP contribution in [0.1, 0.15) is 40.0 Å². The number of nitrogens with zero attached hydrogens (tertiary/aromatic N) is 3. The van der Waals surface area contributed by atoms with Crippen LogP contribution in [0.25, 0.3) is 0 Å². The quantitative estimate of drug-likeness (QED) is 0.272. The number of rotatable bonds is 7. The van der Waals surface area contributed by atoms with Crippen LogP contribution < -0.4 is 10.2 Å². The summed E-state index contributed by atoms with van der Waals surface area (Å²) in [6.45, 7) is 6.30. The summed E-state index contributed by atoms with van der Waals surface area (Å²) in [7, 11) is 0. The molecule has 2 aromatic rings. The molecule has 0 aromatic heterocycles. The molecule has 0 spiro atoms. The van der Waals surface area contributed by atoms with Crippen molar-refractivity contribution in [2.24, 2.45) is 0 Å². The topological polar surface area (TPSA) is 76.1 Å². The van der Waals surface area contributed by atoms with E-state index in [2.05, 4.69) is 12.2 Å². The van der Waals surface area contributed by atoms with Crippen LogP contribution in [-0.2, 0) is 0 Å². The minimum absolute atomic E-state index is 0.281. The van der Waals surface area contributed by atoms with Gasteiger partial charge in [-0.15, -0.1) is 0 Å². The van der Waals surface area contributed by atoms with E-state index in [4.69, 9.17) is 23.2 Å². The first-order chi connectivity index (χ1) is 15.2. The van der Waals surface area contributed by atoms with Crippen molar-refractivity contribution >= 4 is 46.6 Å². The van der Waals surface area contributed by atoms with Gasteiger partial charge in [0.05, 0.1) is 5.54 Å². The lowest BCUT2D eigenvalue weighted by Gasteiger charge is -2.38. The molecule has 0 radical (unpaired) electrons. The van der Waals surface area contributed by atoms with E-state index in [0.717, 1.165) is 19.3 Å². The SMILES string of the molecule is CCCCCN1C(=O)N(c2ccc(Cl)cc2)[C@H](N(O)C(=O)Nc2ccc(Cl)cc2)C1(C)C. The number of benzene rings is 2. The van der Waals surface area contributed by atoms with Crippen LogP contribution in [0.15, 0.2) is 48.5 Å². The maximum absolute atomic E-state index is 13.5. The first kappa shape index (κ1) is 24.2. The first-order valence-electron chi connectivity index (χ1n) is 10.6. The highest BCUT2D eigenvalue weighted by molar-refractivity contribution is 6.31. The van der Waals surface area contributed by atoms with E-state index in [1.54, 1.807) is 53.4 Å². The summed E-state index contributed by atoms with van der Waals surface area (Å²) in [6, 6.07) is 12.2. The lowest BCUT2D eigenvalue weighted by Crippen LogP contribution is -2.58. The number of carbonyl (C=O) groups excluding carboxylic acids is 2. The number of halogens is 2. The third-order valence-corrected chi connectivity index (χ3v) is 6.14. The Kier molecular flexibility index (Phi) is 7.54. The Morgan fingerprint density at radius 2 is 1.62 bits per heavy atom. The van der Waals surface area contributed by atoms with E-state index in [1.807, 2.05) is 13.8 Å². The number of nitrogens with one attached hydrogen (secondary N) is 1. The molecule has 7 nitrogen and oxygen atoms in total. The normalized spacial score (nSPS) is 17.6. The molecule has 1 aliphatic heterocycles. The van der Waals surface area contributed by atoms with Gasteiger partial charge in [0.2, 0.25) is 0 Å². The summed E-state index contributed by atoms with van der Waals surface area (Å²) in [5.74, 6) is 0. The molecule has 3 rings (SSSR count). The van der Waals surface area contributed by atoms with Gasteiger partial charge >= 0.3 is 12.1 Å². The van der Waals surface area contributed by atoms with Crippen molar-refractivity contribution in [3.8, 4) is 0 Å². The lowest BCUT2D eigenvalue weighted by atomic mass is 9.99. The molecule has 9 heteroatoms. The van der Waals surface area contributed by atoms with Gasteiger partial charge in [-0.1, -0.05) is 43.0 Å². The minimum Gasteiger partial charge on any atom is -0.315 e. The monoisotopic (exact) mass is 478 g/mol.